The molecule has 1 fully saturated rings. The van der Waals surface area contributed by atoms with Gasteiger partial charge in [0.25, 0.3) is 0 Å². The topological polar surface area (TPSA) is 46.2 Å². The van der Waals surface area contributed by atoms with Crippen LogP contribution in [0.25, 0.3) is 0 Å². The minimum atomic E-state index is -1.01. The molecule has 0 aliphatic heterocycles. The third-order valence-electron chi connectivity index (χ3n) is 3.38. The summed E-state index contributed by atoms with van der Waals surface area (Å²) in [7, 11) is 0. The molecule has 94 valence electrons. The standard InChI is InChI=1S/C12H14ClF2NO/c13-10-8(17)6-7(14)9(11(10)15)12(16)4-2-1-3-5-12/h6,17H,1-5,16H2. The first-order valence-electron chi connectivity index (χ1n) is 5.61. The molecule has 1 aromatic carbocycles. The molecule has 1 aromatic rings. The van der Waals surface area contributed by atoms with E-state index in [-0.39, 0.29) is 5.56 Å². The summed E-state index contributed by atoms with van der Waals surface area (Å²) in [6.07, 6.45) is 3.76. The van der Waals surface area contributed by atoms with E-state index < -0.39 is 27.9 Å². The van der Waals surface area contributed by atoms with Crippen molar-refractivity contribution in [2.75, 3.05) is 0 Å². The maximum atomic E-state index is 13.9. The summed E-state index contributed by atoms with van der Waals surface area (Å²) in [6, 6.07) is 0.823. The van der Waals surface area contributed by atoms with Gasteiger partial charge in [-0.05, 0) is 12.8 Å². The Morgan fingerprint density at radius 1 is 1.24 bits per heavy atom. The van der Waals surface area contributed by atoms with E-state index in [1.807, 2.05) is 0 Å². The van der Waals surface area contributed by atoms with Crippen LogP contribution in [0.4, 0.5) is 8.78 Å². The molecule has 3 N–H and O–H groups in total. The number of benzene rings is 1. The fraction of sp³-hybridized carbons (Fsp3) is 0.500. The smallest absolute Gasteiger partial charge is 0.153 e. The molecular formula is C12H14ClF2NO. The summed E-state index contributed by atoms with van der Waals surface area (Å²) >= 11 is 5.59. The van der Waals surface area contributed by atoms with Crippen molar-refractivity contribution in [3.8, 4) is 5.75 Å². The molecule has 0 aromatic heterocycles. The first-order chi connectivity index (χ1) is 7.96. The number of nitrogens with two attached hydrogens (primary N) is 1. The van der Waals surface area contributed by atoms with Crippen molar-refractivity contribution in [1.82, 2.24) is 0 Å². The van der Waals surface area contributed by atoms with Crippen LogP contribution in [0.5, 0.6) is 5.75 Å². The molecule has 1 saturated carbocycles. The lowest BCUT2D eigenvalue weighted by molar-refractivity contribution is 0.281. The predicted molar refractivity (Wildman–Crippen MR) is 62.0 cm³/mol. The number of rotatable bonds is 1. The SMILES string of the molecule is NC1(c2c(F)cc(O)c(Cl)c2F)CCCCC1. The minimum Gasteiger partial charge on any atom is -0.506 e. The fourth-order valence-corrected chi connectivity index (χ4v) is 2.62. The monoisotopic (exact) mass is 261 g/mol. The van der Waals surface area contributed by atoms with Gasteiger partial charge in [0.15, 0.2) is 5.82 Å². The van der Waals surface area contributed by atoms with Gasteiger partial charge in [0.05, 0.1) is 0 Å². The van der Waals surface area contributed by atoms with Gasteiger partial charge in [0.2, 0.25) is 0 Å². The average Bonchev–Trinajstić information content (AvgIpc) is 2.26. The van der Waals surface area contributed by atoms with Crippen molar-refractivity contribution >= 4 is 11.6 Å². The van der Waals surface area contributed by atoms with Crippen molar-refractivity contribution in [3.63, 3.8) is 0 Å². The highest BCUT2D eigenvalue weighted by Gasteiger charge is 2.36. The second-order valence-corrected chi connectivity index (χ2v) is 4.98. The summed E-state index contributed by atoms with van der Waals surface area (Å²) in [5.41, 5.74) is 4.88. The summed E-state index contributed by atoms with van der Waals surface area (Å²) in [6.45, 7) is 0. The molecule has 0 spiro atoms. The Bertz CT molecular complexity index is 445. The Labute approximate surface area is 103 Å². The first kappa shape index (κ1) is 12.6. The van der Waals surface area contributed by atoms with Crippen molar-refractivity contribution in [2.45, 2.75) is 37.6 Å². The number of hydrogen-bond acceptors (Lipinski definition) is 2. The highest BCUT2D eigenvalue weighted by molar-refractivity contribution is 6.32. The van der Waals surface area contributed by atoms with Crippen LogP contribution in [0.2, 0.25) is 5.02 Å². The van der Waals surface area contributed by atoms with Crippen molar-refractivity contribution in [2.24, 2.45) is 5.73 Å². The third kappa shape index (κ3) is 2.11. The first-order valence-corrected chi connectivity index (χ1v) is 5.99. The van der Waals surface area contributed by atoms with E-state index in [2.05, 4.69) is 0 Å². The van der Waals surface area contributed by atoms with E-state index >= 15 is 0 Å². The number of halogens is 3. The molecule has 0 atom stereocenters. The van der Waals surface area contributed by atoms with Gasteiger partial charge < -0.3 is 10.8 Å². The second-order valence-electron chi connectivity index (χ2n) is 4.60. The zero-order chi connectivity index (χ0) is 12.6. The van der Waals surface area contributed by atoms with E-state index in [4.69, 9.17) is 17.3 Å². The van der Waals surface area contributed by atoms with Gasteiger partial charge in [-0.2, -0.15) is 0 Å². The van der Waals surface area contributed by atoms with Gasteiger partial charge in [-0.25, -0.2) is 8.78 Å². The van der Waals surface area contributed by atoms with Gasteiger partial charge in [0.1, 0.15) is 16.6 Å². The van der Waals surface area contributed by atoms with Gasteiger partial charge in [0, 0.05) is 17.2 Å². The Morgan fingerprint density at radius 3 is 2.41 bits per heavy atom. The van der Waals surface area contributed by atoms with Crippen LogP contribution in [-0.2, 0) is 5.54 Å². The average molecular weight is 262 g/mol. The lowest BCUT2D eigenvalue weighted by Crippen LogP contribution is -2.40. The second kappa shape index (κ2) is 4.42. The Kier molecular flexibility index (Phi) is 3.27. The lowest BCUT2D eigenvalue weighted by Gasteiger charge is -2.34. The van der Waals surface area contributed by atoms with Gasteiger partial charge >= 0.3 is 0 Å². The number of phenolic OH excluding ortho intramolecular Hbond substituents is 1. The Morgan fingerprint density at radius 2 is 1.82 bits per heavy atom. The molecule has 5 heteroatoms. The molecule has 0 saturated heterocycles. The maximum absolute atomic E-state index is 13.9. The minimum absolute atomic E-state index is 0.194. The predicted octanol–water partition coefficient (Wildman–Crippen LogP) is 3.44. The Balaban J connectivity index is 2.54. The van der Waals surface area contributed by atoms with E-state index in [1.165, 1.54) is 0 Å². The lowest BCUT2D eigenvalue weighted by atomic mass is 9.77. The third-order valence-corrected chi connectivity index (χ3v) is 3.74. The highest BCUT2D eigenvalue weighted by Crippen LogP contribution is 2.41. The molecular weight excluding hydrogens is 248 g/mol. The van der Waals surface area contributed by atoms with Crippen LogP contribution >= 0.6 is 11.6 Å². The van der Waals surface area contributed by atoms with Crippen molar-refractivity contribution < 1.29 is 13.9 Å². The van der Waals surface area contributed by atoms with Crippen LogP contribution in [0.1, 0.15) is 37.7 Å². The van der Waals surface area contributed by atoms with Crippen LogP contribution in [-0.4, -0.2) is 5.11 Å². The van der Waals surface area contributed by atoms with Gasteiger partial charge in [-0.3, -0.25) is 0 Å². The molecule has 1 aliphatic rings. The number of hydrogen-bond donors (Lipinski definition) is 2. The molecule has 17 heavy (non-hydrogen) atoms. The van der Waals surface area contributed by atoms with Gasteiger partial charge in [-0.1, -0.05) is 30.9 Å². The molecule has 0 amide bonds. The molecule has 0 radical (unpaired) electrons. The quantitative estimate of drug-likeness (QED) is 0.761. The summed E-state index contributed by atoms with van der Waals surface area (Å²) < 4.78 is 27.7. The van der Waals surface area contributed by atoms with Gasteiger partial charge in [-0.15, -0.1) is 0 Å². The van der Waals surface area contributed by atoms with Crippen LogP contribution in [0, 0.1) is 11.6 Å². The maximum Gasteiger partial charge on any atom is 0.153 e. The Hall–Kier alpha value is -0.870. The zero-order valence-electron chi connectivity index (χ0n) is 9.27. The molecule has 0 bridgehead atoms. The fourth-order valence-electron chi connectivity index (χ4n) is 2.47. The molecule has 0 heterocycles. The zero-order valence-corrected chi connectivity index (χ0v) is 10.0. The van der Waals surface area contributed by atoms with Crippen molar-refractivity contribution in [3.05, 3.63) is 28.3 Å². The van der Waals surface area contributed by atoms with Crippen LogP contribution < -0.4 is 5.73 Å². The molecule has 0 unspecified atom stereocenters. The molecule has 1 aliphatic carbocycles. The van der Waals surface area contributed by atoms with Crippen LogP contribution in [0.15, 0.2) is 6.07 Å². The number of aromatic hydroxyl groups is 1. The summed E-state index contributed by atoms with van der Waals surface area (Å²) in [5, 5.41) is 8.77. The van der Waals surface area contributed by atoms with E-state index in [0.29, 0.717) is 12.8 Å². The van der Waals surface area contributed by atoms with Crippen LogP contribution in [0.3, 0.4) is 0 Å². The summed E-state index contributed by atoms with van der Waals surface area (Å²) in [4.78, 5) is 0. The molecule has 2 nitrogen and oxygen atoms in total. The normalized spacial score (nSPS) is 19.3. The van der Waals surface area contributed by atoms with E-state index in [9.17, 15) is 13.9 Å². The van der Waals surface area contributed by atoms with E-state index in [1.54, 1.807) is 0 Å². The molecule has 2 rings (SSSR count). The van der Waals surface area contributed by atoms with Crippen molar-refractivity contribution in [1.29, 1.82) is 0 Å². The summed E-state index contributed by atoms with van der Waals surface area (Å²) in [5.74, 6) is -2.35. The largest absolute Gasteiger partial charge is 0.506 e. The number of phenols is 1. The van der Waals surface area contributed by atoms with E-state index in [0.717, 1.165) is 25.3 Å². The highest BCUT2D eigenvalue weighted by atomic mass is 35.5.